The molecular formula is C16H26N2O. The van der Waals surface area contributed by atoms with Crippen LogP contribution in [0.5, 0.6) is 5.75 Å². The summed E-state index contributed by atoms with van der Waals surface area (Å²) in [6.07, 6.45) is 1.27. The molecule has 19 heavy (non-hydrogen) atoms. The standard InChI is InChI=1S/C16H26N2O/c1-11-7-13(3)18(10-11)15(9-17)14-5-6-16(19-4)12(2)8-14/h5-6,8,11,13,15H,7,9-10,17H2,1-4H3. The molecule has 2 N–H and O–H groups in total. The topological polar surface area (TPSA) is 38.5 Å². The molecule has 0 radical (unpaired) electrons. The average molecular weight is 262 g/mol. The van der Waals surface area contributed by atoms with Crippen molar-refractivity contribution in [2.45, 2.75) is 39.3 Å². The van der Waals surface area contributed by atoms with Crippen LogP contribution in [0.25, 0.3) is 0 Å². The summed E-state index contributed by atoms with van der Waals surface area (Å²) in [7, 11) is 1.71. The number of rotatable bonds is 4. The summed E-state index contributed by atoms with van der Waals surface area (Å²) in [4.78, 5) is 2.55. The molecule has 3 unspecified atom stereocenters. The predicted octanol–water partition coefficient (Wildman–Crippen LogP) is 2.73. The molecule has 0 amide bonds. The minimum absolute atomic E-state index is 0.324. The lowest BCUT2D eigenvalue weighted by atomic mass is 10.0. The van der Waals surface area contributed by atoms with E-state index in [1.165, 1.54) is 17.5 Å². The Morgan fingerprint density at radius 2 is 2.16 bits per heavy atom. The summed E-state index contributed by atoms with van der Waals surface area (Å²) in [6, 6.07) is 7.36. The van der Waals surface area contributed by atoms with Gasteiger partial charge in [0.1, 0.15) is 5.75 Å². The summed E-state index contributed by atoms with van der Waals surface area (Å²) < 4.78 is 5.33. The quantitative estimate of drug-likeness (QED) is 0.906. The van der Waals surface area contributed by atoms with E-state index >= 15 is 0 Å². The number of hydrogen-bond acceptors (Lipinski definition) is 3. The van der Waals surface area contributed by atoms with Crippen LogP contribution in [0.4, 0.5) is 0 Å². The van der Waals surface area contributed by atoms with Gasteiger partial charge in [0.15, 0.2) is 0 Å². The highest BCUT2D eigenvalue weighted by Crippen LogP contribution is 2.33. The smallest absolute Gasteiger partial charge is 0.121 e. The number of methoxy groups -OCH3 is 1. The molecule has 0 bridgehead atoms. The van der Waals surface area contributed by atoms with Gasteiger partial charge in [0.05, 0.1) is 7.11 Å². The molecule has 1 aromatic carbocycles. The zero-order valence-corrected chi connectivity index (χ0v) is 12.5. The van der Waals surface area contributed by atoms with Crippen LogP contribution in [0.3, 0.4) is 0 Å². The van der Waals surface area contributed by atoms with Crippen molar-refractivity contribution < 1.29 is 4.74 Å². The fourth-order valence-electron chi connectivity index (χ4n) is 3.34. The number of ether oxygens (including phenoxy) is 1. The van der Waals surface area contributed by atoms with E-state index in [-0.39, 0.29) is 0 Å². The van der Waals surface area contributed by atoms with E-state index in [1.807, 2.05) is 0 Å². The fraction of sp³-hybridized carbons (Fsp3) is 0.625. The van der Waals surface area contributed by atoms with Crippen LogP contribution in [0.1, 0.15) is 37.4 Å². The summed E-state index contributed by atoms with van der Waals surface area (Å²) >= 11 is 0. The van der Waals surface area contributed by atoms with Gasteiger partial charge in [-0.05, 0) is 43.4 Å². The van der Waals surface area contributed by atoms with Gasteiger partial charge in [-0.1, -0.05) is 19.1 Å². The van der Waals surface area contributed by atoms with Crippen molar-refractivity contribution in [1.82, 2.24) is 4.90 Å². The van der Waals surface area contributed by atoms with Gasteiger partial charge in [0, 0.05) is 25.2 Å². The predicted molar refractivity (Wildman–Crippen MR) is 79.5 cm³/mol. The van der Waals surface area contributed by atoms with E-state index in [1.54, 1.807) is 7.11 Å². The zero-order chi connectivity index (χ0) is 14.0. The van der Waals surface area contributed by atoms with Gasteiger partial charge in [-0.3, -0.25) is 4.90 Å². The van der Waals surface area contributed by atoms with Crippen LogP contribution >= 0.6 is 0 Å². The van der Waals surface area contributed by atoms with E-state index < -0.39 is 0 Å². The van der Waals surface area contributed by atoms with Crippen LogP contribution in [-0.4, -0.2) is 31.1 Å². The van der Waals surface area contributed by atoms with Crippen molar-refractivity contribution in [1.29, 1.82) is 0 Å². The molecule has 106 valence electrons. The molecule has 3 heteroatoms. The first-order chi connectivity index (χ1) is 9.06. The molecule has 0 aromatic heterocycles. The Balaban J connectivity index is 2.24. The number of aryl methyl sites for hydroxylation is 1. The second-order valence-electron chi connectivity index (χ2n) is 5.87. The van der Waals surface area contributed by atoms with Crippen LogP contribution in [0.15, 0.2) is 18.2 Å². The zero-order valence-electron chi connectivity index (χ0n) is 12.5. The Bertz CT molecular complexity index is 433. The number of nitrogens with zero attached hydrogens (tertiary/aromatic N) is 1. The van der Waals surface area contributed by atoms with Crippen molar-refractivity contribution in [3.05, 3.63) is 29.3 Å². The Morgan fingerprint density at radius 3 is 2.63 bits per heavy atom. The van der Waals surface area contributed by atoms with Crippen molar-refractivity contribution >= 4 is 0 Å². The summed E-state index contributed by atoms with van der Waals surface area (Å²) in [5, 5.41) is 0. The number of hydrogen-bond donors (Lipinski definition) is 1. The number of benzene rings is 1. The van der Waals surface area contributed by atoms with Gasteiger partial charge < -0.3 is 10.5 Å². The maximum absolute atomic E-state index is 6.04. The van der Waals surface area contributed by atoms with Gasteiger partial charge in [0.2, 0.25) is 0 Å². The number of nitrogens with two attached hydrogens (primary N) is 1. The maximum atomic E-state index is 6.04. The molecule has 1 saturated heterocycles. The highest BCUT2D eigenvalue weighted by molar-refractivity contribution is 5.37. The second kappa shape index (κ2) is 5.93. The monoisotopic (exact) mass is 262 g/mol. The minimum atomic E-state index is 0.324. The lowest BCUT2D eigenvalue weighted by Gasteiger charge is -2.31. The molecule has 1 aromatic rings. The molecule has 1 aliphatic heterocycles. The molecule has 1 fully saturated rings. The van der Waals surface area contributed by atoms with Crippen LogP contribution in [-0.2, 0) is 0 Å². The van der Waals surface area contributed by atoms with Crippen LogP contribution in [0, 0.1) is 12.8 Å². The maximum Gasteiger partial charge on any atom is 0.121 e. The van der Waals surface area contributed by atoms with Crippen LogP contribution in [0.2, 0.25) is 0 Å². The van der Waals surface area contributed by atoms with Crippen molar-refractivity contribution in [3.8, 4) is 5.75 Å². The third-order valence-electron chi connectivity index (χ3n) is 4.26. The second-order valence-corrected chi connectivity index (χ2v) is 5.87. The van der Waals surface area contributed by atoms with Crippen molar-refractivity contribution in [2.24, 2.45) is 11.7 Å². The van der Waals surface area contributed by atoms with E-state index in [0.29, 0.717) is 18.6 Å². The van der Waals surface area contributed by atoms with Gasteiger partial charge in [-0.15, -0.1) is 0 Å². The first kappa shape index (κ1) is 14.4. The molecule has 2 rings (SSSR count). The van der Waals surface area contributed by atoms with E-state index in [2.05, 4.69) is 43.9 Å². The Labute approximate surface area is 116 Å². The van der Waals surface area contributed by atoms with E-state index in [0.717, 1.165) is 18.2 Å². The average Bonchev–Trinajstić information content (AvgIpc) is 2.70. The molecule has 1 heterocycles. The summed E-state index contributed by atoms with van der Waals surface area (Å²) in [5.74, 6) is 1.71. The highest BCUT2D eigenvalue weighted by atomic mass is 16.5. The molecular weight excluding hydrogens is 236 g/mol. The fourth-order valence-corrected chi connectivity index (χ4v) is 3.34. The van der Waals surface area contributed by atoms with Gasteiger partial charge >= 0.3 is 0 Å². The van der Waals surface area contributed by atoms with Crippen molar-refractivity contribution in [3.63, 3.8) is 0 Å². The third kappa shape index (κ3) is 2.93. The molecule has 3 atom stereocenters. The largest absolute Gasteiger partial charge is 0.496 e. The Hall–Kier alpha value is -1.06. The third-order valence-corrected chi connectivity index (χ3v) is 4.26. The minimum Gasteiger partial charge on any atom is -0.496 e. The lowest BCUT2D eigenvalue weighted by Crippen LogP contribution is -2.36. The van der Waals surface area contributed by atoms with Gasteiger partial charge in [-0.2, -0.15) is 0 Å². The molecule has 0 saturated carbocycles. The van der Waals surface area contributed by atoms with E-state index in [4.69, 9.17) is 10.5 Å². The van der Waals surface area contributed by atoms with Gasteiger partial charge in [0.25, 0.3) is 0 Å². The van der Waals surface area contributed by atoms with Crippen LogP contribution < -0.4 is 10.5 Å². The lowest BCUT2D eigenvalue weighted by molar-refractivity contribution is 0.192. The molecule has 0 aliphatic carbocycles. The molecule has 1 aliphatic rings. The summed E-state index contributed by atoms with van der Waals surface area (Å²) in [6.45, 7) is 8.54. The first-order valence-corrected chi connectivity index (χ1v) is 7.17. The SMILES string of the molecule is COc1ccc(C(CN)N2CC(C)CC2C)cc1C. The Kier molecular flexibility index (Phi) is 4.48. The number of likely N-dealkylation sites (tertiary alicyclic amines) is 1. The normalized spacial score (nSPS) is 25.5. The first-order valence-electron chi connectivity index (χ1n) is 7.17. The van der Waals surface area contributed by atoms with Crippen molar-refractivity contribution in [2.75, 3.05) is 20.2 Å². The Morgan fingerprint density at radius 1 is 1.42 bits per heavy atom. The molecule has 3 nitrogen and oxygen atoms in total. The highest BCUT2D eigenvalue weighted by Gasteiger charge is 2.31. The molecule has 0 spiro atoms. The summed E-state index contributed by atoms with van der Waals surface area (Å²) in [5.41, 5.74) is 8.53. The van der Waals surface area contributed by atoms with E-state index in [9.17, 15) is 0 Å². The van der Waals surface area contributed by atoms with Gasteiger partial charge in [-0.25, -0.2) is 0 Å².